The Bertz CT molecular complexity index is 639. The van der Waals surface area contributed by atoms with Gasteiger partial charge in [-0.05, 0) is 38.2 Å². The summed E-state index contributed by atoms with van der Waals surface area (Å²) in [5.74, 6) is -0.305. The molecule has 2 N–H and O–H groups in total. The highest BCUT2D eigenvalue weighted by molar-refractivity contribution is 6.03. The molecule has 0 saturated heterocycles. The van der Waals surface area contributed by atoms with Gasteiger partial charge in [-0.25, -0.2) is 9.78 Å². The number of anilines is 1. The van der Waals surface area contributed by atoms with Crippen LogP contribution in [-0.2, 0) is 0 Å². The third-order valence-electron chi connectivity index (χ3n) is 3.80. The van der Waals surface area contributed by atoms with Crippen LogP contribution in [0.3, 0.4) is 0 Å². The third kappa shape index (κ3) is 3.95. The van der Waals surface area contributed by atoms with E-state index in [1.165, 1.54) is 0 Å². The van der Waals surface area contributed by atoms with Gasteiger partial charge in [0.05, 0.1) is 11.1 Å². The van der Waals surface area contributed by atoms with Crippen molar-refractivity contribution in [3.63, 3.8) is 0 Å². The lowest BCUT2D eigenvalue weighted by Crippen LogP contribution is -2.25. The number of aromatic carboxylic acids is 1. The molecule has 5 nitrogen and oxygen atoms in total. The Morgan fingerprint density at radius 1 is 1.27 bits per heavy atom. The van der Waals surface area contributed by atoms with Crippen LogP contribution in [0.1, 0.15) is 30.6 Å². The molecule has 2 rings (SSSR count). The Hall–Kier alpha value is -2.14. The number of carboxylic acid groups (broad SMARTS) is 1. The fraction of sp³-hybridized carbons (Fsp3) is 0.412. The second-order valence-corrected chi connectivity index (χ2v) is 5.18. The van der Waals surface area contributed by atoms with Gasteiger partial charge in [-0.3, -0.25) is 0 Å². The Morgan fingerprint density at radius 3 is 2.68 bits per heavy atom. The molecule has 0 radical (unpaired) electrons. The number of hydrogen-bond donors (Lipinski definition) is 2. The van der Waals surface area contributed by atoms with Gasteiger partial charge in [0, 0.05) is 11.9 Å². The van der Waals surface area contributed by atoms with Crippen LogP contribution in [0.15, 0.2) is 30.3 Å². The van der Waals surface area contributed by atoms with Crippen molar-refractivity contribution < 1.29 is 9.90 Å². The third-order valence-corrected chi connectivity index (χ3v) is 3.80. The van der Waals surface area contributed by atoms with Crippen LogP contribution >= 0.6 is 0 Å². The molecule has 1 aromatic carbocycles. The first-order valence-corrected chi connectivity index (χ1v) is 7.75. The highest BCUT2D eigenvalue weighted by Gasteiger charge is 2.11. The van der Waals surface area contributed by atoms with Crippen molar-refractivity contribution >= 4 is 22.7 Å². The molecular formula is C17H23N3O2. The maximum Gasteiger partial charge on any atom is 0.336 e. The number of nitrogens with zero attached hydrogens (tertiary/aromatic N) is 2. The standard InChI is InChI=1S/C17H23N3O2/c1-3-20(4-2)11-7-10-18-16-12-14(17(21)22)13-8-5-6-9-15(13)19-16/h5-6,8-9,12H,3-4,7,10-11H2,1-2H3,(H,18,19)(H,21,22). The molecule has 118 valence electrons. The molecule has 0 bridgehead atoms. The summed E-state index contributed by atoms with van der Waals surface area (Å²) in [5.41, 5.74) is 0.991. The maximum atomic E-state index is 11.4. The molecule has 0 aliphatic rings. The first-order valence-electron chi connectivity index (χ1n) is 7.75. The Morgan fingerprint density at radius 2 is 2.00 bits per heavy atom. The van der Waals surface area contributed by atoms with Crippen LogP contribution in [0, 0.1) is 0 Å². The van der Waals surface area contributed by atoms with Crippen molar-refractivity contribution in [1.82, 2.24) is 9.88 Å². The van der Waals surface area contributed by atoms with Crippen molar-refractivity contribution in [2.75, 3.05) is 31.5 Å². The normalized spacial score (nSPS) is 11.0. The van der Waals surface area contributed by atoms with Crippen LogP contribution in [-0.4, -0.2) is 47.1 Å². The van der Waals surface area contributed by atoms with E-state index in [2.05, 4.69) is 29.0 Å². The molecule has 0 aliphatic carbocycles. The van der Waals surface area contributed by atoms with Crippen LogP contribution < -0.4 is 5.32 Å². The summed E-state index contributed by atoms with van der Waals surface area (Å²) in [6.07, 6.45) is 0.999. The largest absolute Gasteiger partial charge is 0.478 e. The van der Waals surface area contributed by atoms with Gasteiger partial charge in [0.15, 0.2) is 0 Å². The average Bonchev–Trinajstić information content (AvgIpc) is 2.54. The molecule has 0 atom stereocenters. The zero-order valence-corrected chi connectivity index (χ0v) is 13.2. The quantitative estimate of drug-likeness (QED) is 0.734. The van der Waals surface area contributed by atoms with Crippen LogP contribution in [0.2, 0.25) is 0 Å². The summed E-state index contributed by atoms with van der Waals surface area (Å²) in [7, 11) is 0. The summed E-state index contributed by atoms with van der Waals surface area (Å²) < 4.78 is 0. The minimum absolute atomic E-state index is 0.289. The molecular weight excluding hydrogens is 278 g/mol. The van der Waals surface area contributed by atoms with Crippen molar-refractivity contribution in [1.29, 1.82) is 0 Å². The number of aromatic nitrogens is 1. The Labute approximate surface area is 131 Å². The second kappa shape index (κ2) is 7.75. The maximum absolute atomic E-state index is 11.4. The van der Waals surface area contributed by atoms with E-state index >= 15 is 0 Å². The predicted molar refractivity (Wildman–Crippen MR) is 89.6 cm³/mol. The number of nitrogens with one attached hydrogen (secondary N) is 1. The van der Waals surface area contributed by atoms with E-state index in [0.29, 0.717) is 16.7 Å². The van der Waals surface area contributed by atoms with E-state index in [-0.39, 0.29) is 5.56 Å². The lowest BCUT2D eigenvalue weighted by Gasteiger charge is -2.18. The van der Waals surface area contributed by atoms with Crippen LogP contribution in [0.4, 0.5) is 5.82 Å². The van der Waals surface area contributed by atoms with Gasteiger partial charge in [-0.1, -0.05) is 32.0 Å². The summed E-state index contributed by atoms with van der Waals surface area (Å²) in [6.45, 7) is 8.21. The van der Waals surface area contributed by atoms with Gasteiger partial charge in [-0.15, -0.1) is 0 Å². The van der Waals surface area contributed by atoms with Crippen LogP contribution in [0.5, 0.6) is 0 Å². The molecule has 1 aromatic heterocycles. The van der Waals surface area contributed by atoms with E-state index in [0.717, 1.165) is 32.6 Å². The highest BCUT2D eigenvalue weighted by atomic mass is 16.4. The summed E-state index contributed by atoms with van der Waals surface area (Å²) in [5, 5.41) is 13.3. The number of carbonyl (C=O) groups is 1. The molecule has 0 fully saturated rings. The molecule has 0 spiro atoms. The van der Waals surface area contributed by atoms with E-state index in [1.807, 2.05) is 18.2 Å². The molecule has 2 aromatic rings. The number of para-hydroxylation sites is 1. The molecule has 1 heterocycles. The van der Waals surface area contributed by atoms with Gasteiger partial charge in [-0.2, -0.15) is 0 Å². The molecule has 5 heteroatoms. The smallest absolute Gasteiger partial charge is 0.336 e. The fourth-order valence-corrected chi connectivity index (χ4v) is 2.50. The minimum atomic E-state index is -0.926. The second-order valence-electron chi connectivity index (χ2n) is 5.18. The van der Waals surface area contributed by atoms with Gasteiger partial charge in [0.1, 0.15) is 5.82 Å². The summed E-state index contributed by atoms with van der Waals surface area (Å²) in [6, 6.07) is 8.93. The highest BCUT2D eigenvalue weighted by Crippen LogP contribution is 2.20. The van der Waals surface area contributed by atoms with E-state index in [9.17, 15) is 9.90 Å². The molecule has 0 aliphatic heterocycles. The number of fused-ring (bicyclic) bond motifs is 1. The Kier molecular flexibility index (Phi) is 5.72. The lowest BCUT2D eigenvalue weighted by atomic mass is 10.1. The monoisotopic (exact) mass is 301 g/mol. The van der Waals surface area contributed by atoms with Crippen molar-refractivity contribution in [3.05, 3.63) is 35.9 Å². The fourth-order valence-electron chi connectivity index (χ4n) is 2.50. The molecule has 22 heavy (non-hydrogen) atoms. The molecule has 0 unspecified atom stereocenters. The van der Waals surface area contributed by atoms with Gasteiger partial charge in [0.25, 0.3) is 0 Å². The van der Waals surface area contributed by atoms with E-state index < -0.39 is 5.97 Å². The number of hydrogen-bond acceptors (Lipinski definition) is 4. The SMILES string of the molecule is CCN(CC)CCCNc1cc(C(=O)O)c2ccccc2n1. The zero-order valence-electron chi connectivity index (χ0n) is 13.2. The van der Waals surface area contributed by atoms with Gasteiger partial charge < -0.3 is 15.3 Å². The topological polar surface area (TPSA) is 65.5 Å². The van der Waals surface area contributed by atoms with Crippen molar-refractivity contribution in [2.24, 2.45) is 0 Å². The van der Waals surface area contributed by atoms with Crippen LogP contribution in [0.25, 0.3) is 10.9 Å². The van der Waals surface area contributed by atoms with E-state index in [4.69, 9.17) is 0 Å². The average molecular weight is 301 g/mol. The summed E-state index contributed by atoms with van der Waals surface area (Å²) in [4.78, 5) is 18.2. The predicted octanol–water partition coefficient (Wildman–Crippen LogP) is 3.08. The minimum Gasteiger partial charge on any atom is -0.478 e. The first kappa shape index (κ1) is 16.2. The van der Waals surface area contributed by atoms with E-state index in [1.54, 1.807) is 12.1 Å². The van der Waals surface area contributed by atoms with Gasteiger partial charge >= 0.3 is 5.97 Å². The Balaban J connectivity index is 2.07. The van der Waals surface area contributed by atoms with Crippen molar-refractivity contribution in [2.45, 2.75) is 20.3 Å². The number of carboxylic acids is 1. The van der Waals surface area contributed by atoms with Crippen molar-refractivity contribution in [3.8, 4) is 0 Å². The number of rotatable bonds is 8. The molecule has 0 amide bonds. The number of benzene rings is 1. The van der Waals surface area contributed by atoms with Gasteiger partial charge in [0.2, 0.25) is 0 Å². The first-order chi connectivity index (χ1) is 10.7. The lowest BCUT2D eigenvalue weighted by molar-refractivity contribution is 0.0699. The number of pyridine rings is 1. The summed E-state index contributed by atoms with van der Waals surface area (Å²) >= 11 is 0. The molecule has 0 saturated carbocycles. The zero-order chi connectivity index (χ0) is 15.9.